The Balaban J connectivity index is 2.63. The zero-order chi connectivity index (χ0) is 8.43. The minimum atomic E-state index is -1.56. The van der Waals surface area contributed by atoms with E-state index in [0.717, 1.165) is 0 Å². The maximum absolute atomic E-state index is 10.4. The van der Waals surface area contributed by atoms with Gasteiger partial charge in [0.15, 0.2) is 0 Å². The lowest BCUT2D eigenvalue weighted by Crippen LogP contribution is -2.67. The second-order valence-electron chi connectivity index (χ2n) is 1.82. The third-order valence-corrected chi connectivity index (χ3v) is 1.01. The van der Waals surface area contributed by atoms with Crippen molar-refractivity contribution in [2.45, 2.75) is 6.17 Å². The minimum absolute atomic E-state index is 0.858. The molecule has 1 rings (SSSR count). The fourth-order valence-corrected chi connectivity index (χ4v) is 0.591. The monoisotopic (exact) mass is 158 g/mol. The summed E-state index contributed by atoms with van der Waals surface area (Å²) in [5, 5.41) is 15.7. The van der Waals surface area contributed by atoms with Crippen LogP contribution in [0.25, 0.3) is 0 Å². The molecule has 3 N–H and O–H groups in total. The molecule has 0 aromatic rings. The third kappa shape index (κ3) is 1.57. The topological polar surface area (TPSA) is 110 Å². The number of carboxylic acid groups (broad SMARTS) is 1. The molecule has 1 fully saturated rings. The molecule has 0 aromatic heterocycles. The van der Waals surface area contributed by atoms with E-state index in [9.17, 15) is 19.5 Å². The van der Waals surface area contributed by atoms with Gasteiger partial charge in [-0.1, -0.05) is 0 Å². The molecule has 0 spiro atoms. The number of imide groups is 1. The summed E-state index contributed by atoms with van der Waals surface area (Å²) in [5.74, 6) is -1.56. The van der Waals surface area contributed by atoms with Gasteiger partial charge in [0.1, 0.15) is 6.17 Å². The highest BCUT2D eigenvalue weighted by Crippen LogP contribution is 1.83. The van der Waals surface area contributed by atoms with E-state index in [0.29, 0.717) is 0 Å². The smallest absolute Gasteiger partial charge is 0.324 e. The van der Waals surface area contributed by atoms with E-state index in [2.05, 4.69) is 0 Å². The Bertz CT molecular complexity index is 209. The highest BCUT2D eigenvalue weighted by Gasteiger charge is 2.22. The fraction of sp³-hybridized carbons (Fsp3) is 0.250. The number of nitrogens with one attached hydrogen (secondary N) is 3. The Morgan fingerprint density at radius 3 is 2.09 bits per heavy atom. The van der Waals surface area contributed by atoms with Gasteiger partial charge in [-0.05, 0) is 0 Å². The summed E-state index contributed by atoms with van der Waals surface area (Å²) in [6.45, 7) is 0. The van der Waals surface area contributed by atoms with Crippen molar-refractivity contribution < 1.29 is 19.5 Å². The molecule has 1 saturated heterocycles. The normalized spacial score (nSPS) is 18.2. The van der Waals surface area contributed by atoms with Crippen molar-refractivity contribution in [2.24, 2.45) is 0 Å². The van der Waals surface area contributed by atoms with Crippen LogP contribution in [0.5, 0.6) is 0 Å². The van der Waals surface area contributed by atoms with E-state index in [1.165, 1.54) is 0 Å². The van der Waals surface area contributed by atoms with Crippen molar-refractivity contribution in [2.75, 3.05) is 0 Å². The van der Waals surface area contributed by atoms with Crippen LogP contribution < -0.4 is 21.1 Å². The summed E-state index contributed by atoms with van der Waals surface area (Å²) in [4.78, 5) is 30.9. The van der Waals surface area contributed by atoms with Gasteiger partial charge in [-0.3, -0.25) is 5.32 Å². The van der Waals surface area contributed by atoms with Gasteiger partial charge in [0.2, 0.25) is 0 Å². The summed E-state index contributed by atoms with van der Waals surface area (Å²) in [5.41, 5.74) is 0. The van der Waals surface area contributed by atoms with Crippen LogP contribution in [0, 0.1) is 0 Å². The average molecular weight is 158 g/mol. The molecule has 0 saturated carbocycles. The van der Waals surface area contributed by atoms with Gasteiger partial charge in [0.05, 0.1) is 5.97 Å². The first-order chi connectivity index (χ1) is 5.09. The zero-order valence-electron chi connectivity index (χ0n) is 5.21. The van der Waals surface area contributed by atoms with Crippen LogP contribution in [0.3, 0.4) is 0 Å². The van der Waals surface area contributed by atoms with Crippen LogP contribution in [-0.4, -0.2) is 24.2 Å². The number of amides is 4. The first-order valence-corrected chi connectivity index (χ1v) is 2.68. The molecule has 4 amide bonds. The Morgan fingerprint density at radius 1 is 1.27 bits per heavy atom. The number of aliphatic carboxylic acids is 1. The van der Waals surface area contributed by atoms with Crippen molar-refractivity contribution in [3.05, 3.63) is 0 Å². The Hall–Kier alpha value is -1.79. The van der Waals surface area contributed by atoms with Gasteiger partial charge < -0.3 is 20.5 Å². The molecule has 7 heteroatoms. The molecule has 0 aliphatic carbocycles. The first kappa shape index (κ1) is 7.32. The van der Waals surface area contributed by atoms with Crippen molar-refractivity contribution in [3.8, 4) is 0 Å². The standard InChI is InChI=1S/C4H5N3O4/c8-2(9)1-5-3(10)7-4(11)6-1/h1H,(H,8,9)(H3,5,6,7,10,11)/p-1. The Morgan fingerprint density at radius 2 is 1.73 bits per heavy atom. The van der Waals surface area contributed by atoms with E-state index in [-0.39, 0.29) is 0 Å². The predicted octanol–water partition coefficient (Wildman–Crippen LogP) is -2.92. The summed E-state index contributed by atoms with van der Waals surface area (Å²) < 4.78 is 0. The Kier molecular flexibility index (Phi) is 1.63. The molecule has 1 aliphatic rings. The number of hydrogen-bond donors (Lipinski definition) is 3. The highest BCUT2D eigenvalue weighted by molar-refractivity contribution is 5.99. The van der Waals surface area contributed by atoms with Gasteiger partial charge in [-0.2, -0.15) is 0 Å². The van der Waals surface area contributed by atoms with Gasteiger partial charge in [0, 0.05) is 0 Å². The minimum Gasteiger partial charge on any atom is -0.546 e. The van der Waals surface area contributed by atoms with E-state index >= 15 is 0 Å². The summed E-state index contributed by atoms with van der Waals surface area (Å²) in [6, 6.07) is -1.72. The number of rotatable bonds is 1. The largest absolute Gasteiger partial charge is 0.546 e. The van der Waals surface area contributed by atoms with Crippen molar-refractivity contribution in [1.82, 2.24) is 16.0 Å². The van der Waals surface area contributed by atoms with Crippen LogP contribution in [0.15, 0.2) is 0 Å². The van der Waals surface area contributed by atoms with E-state index in [4.69, 9.17) is 0 Å². The summed E-state index contributed by atoms with van der Waals surface area (Å²) in [6.07, 6.45) is -1.45. The molecular weight excluding hydrogens is 154 g/mol. The molecule has 0 bridgehead atoms. The second kappa shape index (κ2) is 2.45. The van der Waals surface area contributed by atoms with E-state index in [1.54, 1.807) is 5.32 Å². The first-order valence-electron chi connectivity index (χ1n) is 2.68. The molecule has 1 aliphatic heterocycles. The van der Waals surface area contributed by atoms with E-state index in [1.807, 2.05) is 10.6 Å². The van der Waals surface area contributed by atoms with Crippen LogP contribution in [0.1, 0.15) is 0 Å². The fourth-order valence-electron chi connectivity index (χ4n) is 0.591. The Labute approximate surface area is 60.8 Å². The molecule has 7 nitrogen and oxygen atoms in total. The van der Waals surface area contributed by atoms with Crippen molar-refractivity contribution in [1.29, 1.82) is 0 Å². The molecule has 0 atom stereocenters. The molecule has 0 aromatic carbocycles. The average Bonchev–Trinajstić information content (AvgIpc) is 1.85. The van der Waals surface area contributed by atoms with Crippen LogP contribution in [0.2, 0.25) is 0 Å². The van der Waals surface area contributed by atoms with Crippen LogP contribution in [-0.2, 0) is 4.79 Å². The lowest BCUT2D eigenvalue weighted by atomic mass is 10.4. The highest BCUT2D eigenvalue weighted by atomic mass is 16.4. The number of carbonyl (C=O) groups excluding carboxylic acids is 3. The quantitative estimate of drug-likeness (QED) is 0.379. The molecule has 60 valence electrons. The van der Waals surface area contributed by atoms with E-state index < -0.39 is 24.2 Å². The molecular formula is C4H4N3O4-. The molecule has 0 unspecified atom stereocenters. The van der Waals surface area contributed by atoms with Gasteiger partial charge in [0.25, 0.3) is 0 Å². The SMILES string of the molecule is O=C1NC(=O)NC(C(=O)[O-])N1. The summed E-state index contributed by atoms with van der Waals surface area (Å²) >= 11 is 0. The predicted molar refractivity (Wildman–Crippen MR) is 29.0 cm³/mol. The molecule has 11 heavy (non-hydrogen) atoms. The van der Waals surface area contributed by atoms with Gasteiger partial charge in [-0.25, -0.2) is 9.59 Å². The maximum atomic E-state index is 10.4. The van der Waals surface area contributed by atoms with Crippen molar-refractivity contribution >= 4 is 18.0 Å². The summed E-state index contributed by atoms with van der Waals surface area (Å²) in [7, 11) is 0. The number of urea groups is 2. The number of hydrogen-bond acceptors (Lipinski definition) is 4. The third-order valence-electron chi connectivity index (χ3n) is 1.01. The molecule has 1 heterocycles. The van der Waals surface area contributed by atoms with Gasteiger partial charge in [-0.15, -0.1) is 0 Å². The number of carboxylic acids is 1. The van der Waals surface area contributed by atoms with Crippen LogP contribution >= 0.6 is 0 Å². The number of carbonyl (C=O) groups is 3. The van der Waals surface area contributed by atoms with Gasteiger partial charge >= 0.3 is 12.1 Å². The van der Waals surface area contributed by atoms with Crippen molar-refractivity contribution in [3.63, 3.8) is 0 Å². The lowest BCUT2D eigenvalue weighted by Gasteiger charge is -2.25. The van der Waals surface area contributed by atoms with Crippen LogP contribution in [0.4, 0.5) is 9.59 Å². The zero-order valence-corrected chi connectivity index (χ0v) is 5.21. The lowest BCUT2D eigenvalue weighted by molar-refractivity contribution is -0.308. The maximum Gasteiger partial charge on any atom is 0.324 e. The second-order valence-corrected chi connectivity index (χ2v) is 1.82. The molecule has 0 radical (unpaired) electrons.